The summed E-state index contributed by atoms with van der Waals surface area (Å²) in [5, 5.41) is 17.5. The van der Waals surface area contributed by atoms with Gasteiger partial charge in [-0.3, -0.25) is 0 Å². The Hall–Kier alpha value is 2.82. The van der Waals surface area contributed by atoms with Crippen molar-refractivity contribution in [3.05, 3.63) is 0 Å². The van der Waals surface area contributed by atoms with Gasteiger partial charge in [0, 0.05) is 0 Å². The van der Waals surface area contributed by atoms with Gasteiger partial charge in [0.2, 0.25) is 0 Å². The Bertz CT molecular complexity index is 676. The van der Waals surface area contributed by atoms with Crippen molar-refractivity contribution in [2.24, 2.45) is 0 Å². The fraction of sp³-hybridized carbons (Fsp3) is 1.00. The molecule has 0 aromatic heterocycles. The molecule has 0 saturated heterocycles. The van der Waals surface area contributed by atoms with Crippen molar-refractivity contribution in [1.82, 2.24) is 0 Å². The van der Waals surface area contributed by atoms with E-state index in [0.717, 1.165) is 51.4 Å². The molecule has 4 atom stereocenters. The molecule has 0 heterocycles. The van der Waals surface area contributed by atoms with E-state index in [0.29, 0.717) is 12.8 Å². The monoisotopic (exact) mass is 646 g/mol. The molecule has 0 rings (SSSR count). The summed E-state index contributed by atoms with van der Waals surface area (Å²) >= 11 is 0. The number of hydrogen-bond donors (Lipinski definition) is 2. The van der Waals surface area contributed by atoms with Crippen molar-refractivity contribution in [2.75, 3.05) is 13.2 Å². The van der Waals surface area contributed by atoms with E-state index in [1.807, 2.05) is 13.8 Å². The Labute approximate surface area is 266 Å². The van der Waals surface area contributed by atoms with Crippen molar-refractivity contribution in [3.8, 4) is 0 Å². The fourth-order valence-electron chi connectivity index (χ4n) is 2.27. The van der Waals surface area contributed by atoms with Crippen molar-refractivity contribution >= 4 is 99.5 Å². The van der Waals surface area contributed by atoms with E-state index in [1.54, 1.807) is 0 Å². The summed E-state index contributed by atoms with van der Waals surface area (Å²) in [6, 6.07) is 0. The first-order chi connectivity index (χ1) is 15.4. The van der Waals surface area contributed by atoms with Crippen molar-refractivity contribution in [3.63, 3.8) is 0 Å². The molecule has 2 N–H and O–H groups in total. The average molecular weight is 647 g/mol. The minimum atomic E-state index is -5.59. The Kier molecular flexibility index (Phi) is 33.9. The number of aliphatic hydroxyl groups excluding tert-OH is 2. The maximum atomic E-state index is 11.0. The van der Waals surface area contributed by atoms with E-state index in [-0.39, 0.29) is 82.4 Å². The van der Waals surface area contributed by atoms with Crippen LogP contribution in [0.5, 0.6) is 0 Å². The molecular weight excluding hydrogens is 613 g/mol. The third-order valence-corrected chi connectivity index (χ3v) is 10.9. The molecule has 14 nitrogen and oxygen atoms in total. The van der Waals surface area contributed by atoms with Crippen LogP contribution in [-0.4, -0.2) is 104 Å². The molecule has 0 aliphatic rings. The second kappa shape index (κ2) is 25.3. The first-order valence-electron chi connectivity index (χ1n) is 10.7. The molecule has 208 valence electrons. The first-order valence-corrected chi connectivity index (χ1v) is 17.2. The van der Waals surface area contributed by atoms with Crippen LogP contribution in [0.3, 0.4) is 0 Å². The van der Waals surface area contributed by atoms with Gasteiger partial charge in [0.1, 0.15) is 11.2 Å². The van der Waals surface area contributed by atoms with Gasteiger partial charge in [0.05, 0.1) is 13.2 Å². The van der Waals surface area contributed by atoms with E-state index in [1.165, 1.54) is 0 Å². The number of rotatable bonds is 18. The fourth-order valence-corrected chi connectivity index (χ4v) is 6.48. The van der Waals surface area contributed by atoms with Crippen LogP contribution < -0.4 is 29.4 Å². The van der Waals surface area contributed by atoms with Gasteiger partial charge < -0.3 is 66.9 Å². The zero-order valence-corrected chi connectivity index (χ0v) is 29.2. The van der Waals surface area contributed by atoms with Gasteiger partial charge in [-0.15, -0.1) is 0 Å². The molecule has 0 aromatic rings. The molecule has 21 heteroatoms. The van der Waals surface area contributed by atoms with Crippen LogP contribution in [0.1, 0.15) is 78.1 Å². The van der Waals surface area contributed by atoms with Gasteiger partial charge in [0.15, 0.2) is 15.2 Å². The van der Waals surface area contributed by atoms with Crippen LogP contribution in [0, 0.1) is 0 Å². The molecular formula is C16H34Mg3O14P4. The largest absolute Gasteiger partial charge is 2.00 e. The van der Waals surface area contributed by atoms with Crippen LogP contribution in [0.2, 0.25) is 0 Å². The van der Waals surface area contributed by atoms with Crippen LogP contribution in [0.25, 0.3) is 0 Å². The van der Waals surface area contributed by atoms with Crippen LogP contribution in [0.4, 0.5) is 0 Å². The topological polar surface area (TPSA) is 266 Å². The van der Waals surface area contributed by atoms with Crippen molar-refractivity contribution in [2.45, 2.75) is 89.2 Å². The maximum absolute atomic E-state index is 11.0. The number of aliphatic hydroxyl groups is 2. The molecule has 0 aromatic carbocycles. The smallest absolute Gasteiger partial charge is 0.809 e. The molecule has 0 bridgehead atoms. The standard InChI is InChI=1S/2C8H20O7P2.3Mg/c2*1-2-3-4-5-6-7-15-17(13,14)8(9)16(10,11)12;;;/h2*8-9H,2-7H2,1H3,(H,13,14)(H2,10,11,12);;;/q;;3*+2/p-6. The molecule has 0 aliphatic heterocycles. The second-order valence-electron chi connectivity index (χ2n) is 7.35. The van der Waals surface area contributed by atoms with E-state index in [2.05, 4.69) is 9.05 Å². The van der Waals surface area contributed by atoms with Gasteiger partial charge in [-0.1, -0.05) is 65.2 Å². The third kappa shape index (κ3) is 26.2. The van der Waals surface area contributed by atoms with Crippen LogP contribution in [-0.2, 0) is 27.3 Å². The van der Waals surface area contributed by atoms with Gasteiger partial charge in [-0.2, -0.15) is 0 Å². The van der Waals surface area contributed by atoms with E-state index < -0.39 is 41.6 Å². The van der Waals surface area contributed by atoms with E-state index in [9.17, 15) is 47.6 Å². The van der Waals surface area contributed by atoms with Gasteiger partial charge in [-0.05, 0) is 28.0 Å². The Morgan fingerprint density at radius 1 is 0.541 bits per heavy atom. The predicted molar refractivity (Wildman–Crippen MR) is 129 cm³/mol. The molecule has 0 fully saturated rings. The predicted octanol–water partition coefficient (Wildman–Crippen LogP) is -1.71. The van der Waals surface area contributed by atoms with Crippen molar-refractivity contribution < 1.29 is 66.9 Å². The summed E-state index contributed by atoms with van der Waals surface area (Å²) < 4.78 is 51.3. The Morgan fingerprint density at radius 3 is 1.00 bits per heavy atom. The zero-order valence-electron chi connectivity index (χ0n) is 21.3. The summed E-state index contributed by atoms with van der Waals surface area (Å²) in [4.78, 5) is 63.4. The SMILES string of the molecule is CCCCCCCOP(=O)([O-])C(O)P(=O)([O-])[O-].CCCCCCCOP(=O)([O-])C(O)P(=O)([O-])[O-].[Mg+2].[Mg+2].[Mg+2]. The van der Waals surface area contributed by atoms with E-state index in [4.69, 9.17) is 10.2 Å². The Morgan fingerprint density at radius 2 is 0.784 bits per heavy atom. The van der Waals surface area contributed by atoms with Crippen LogP contribution >= 0.6 is 30.4 Å². The molecule has 37 heavy (non-hydrogen) atoms. The van der Waals surface area contributed by atoms with E-state index >= 15 is 0 Å². The minimum absolute atomic E-state index is 0. The second-order valence-corrected chi connectivity index (χ2v) is 15.0. The van der Waals surface area contributed by atoms with Crippen LogP contribution in [0.15, 0.2) is 0 Å². The normalized spacial score (nSPS) is 16.3. The zero-order chi connectivity index (χ0) is 27.1. The maximum Gasteiger partial charge on any atom is 2.00 e. The summed E-state index contributed by atoms with van der Waals surface area (Å²) in [5.41, 5.74) is -5.99. The van der Waals surface area contributed by atoms with Gasteiger partial charge >= 0.3 is 69.2 Å². The average Bonchev–Trinajstić information content (AvgIpc) is 2.71. The molecule has 0 saturated carbocycles. The molecule has 0 aliphatic carbocycles. The number of hydrogen-bond acceptors (Lipinski definition) is 14. The molecule has 0 radical (unpaired) electrons. The molecule has 4 unspecified atom stereocenters. The van der Waals surface area contributed by atoms with Gasteiger partial charge in [0.25, 0.3) is 0 Å². The summed E-state index contributed by atoms with van der Waals surface area (Å²) in [7, 11) is -21.3. The minimum Gasteiger partial charge on any atom is -0.809 e. The quantitative estimate of drug-likeness (QED) is 0.0953. The first kappa shape index (κ1) is 49.5. The Balaban J connectivity index is -0.000000171. The number of unbranched alkanes of at least 4 members (excludes halogenated alkanes) is 8. The molecule has 0 amide bonds. The summed E-state index contributed by atoms with van der Waals surface area (Å²) in [5.74, 6) is 0. The summed E-state index contributed by atoms with van der Waals surface area (Å²) in [6.45, 7) is 3.61. The van der Waals surface area contributed by atoms with Gasteiger partial charge in [-0.25, -0.2) is 0 Å². The third-order valence-electron chi connectivity index (χ3n) is 4.17. The summed E-state index contributed by atoms with van der Waals surface area (Å²) in [6.07, 6.45) is 8.32. The van der Waals surface area contributed by atoms with Crippen molar-refractivity contribution in [1.29, 1.82) is 0 Å². The molecule has 0 spiro atoms.